The summed E-state index contributed by atoms with van der Waals surface area (Å²) in [4.78, 5) is 0. The highest BCUT2D eigenvalue weighted by molar-refractivity contribution is 6.13. The first-order valence-corrected chi connectivity index (χ1v) is 13.0. The molecule has 0 fully saturated rings. The molecule has 0 spiro atoms. The van der Waals surface area contributed by atoms with Crippen molar-refractivity contribution in [1.82, 2.24) is 0 Å². The first-order valence-electron chi connectivity index (χ1n) is 13.0. The molecule has 6 aromatic rings. The van der Waals surface area contributed by atoms with E-state index < -0.39 is 0 Å². The number of furan rings is 1. The Kier molecular flexibility index (Phi) is 5.68. The number of aryl methyl sites for hydroxylation is 3. The summed E-state index contributed by atoms with van der Waals surface area (Å²) in [7, 11) is 2.03. The van der Waals surface area contributed by atoms with Crippen LogP contribution in [0.15, 0.2) is 102 Å². The minimum atomic E-state index is -0.279. The van der Waals surface area contributed by atoms with Gasteiger partial charge in [-0.15, -0.1) is 0 Å². The third kappa shape index (κ3) is 3.73. The normalized spacial score (nSPS) is 11.9. The van der Waals surface area contributed by atoms with Gasteiger partial charge in [0, 0.05) is 28.3 Å². The Morgan fingerprint density at radius 2 is 1.37 bits per heavy atom. The van der Waals surface area contributed by atoms with Gasteiger partial charge >= 0.3 is 0 Å². The van der Waals surface area contributed by atoms with Crippen LogP contribution in [-0.4, -0.2) is 0 Å². The minimum Gasteiger partial charge on any atom is -0.454 e. The molecule has 38 heavy (non-hydrogen) atoms. The summed E-state index contributed by atoms with van der Waals surface area (Å²) in [6, 6.07) is 30.6. The van der Waals surface area contributed by atoms with Crippen LogP contribution in [0.1, 0.15) is 36.1 Å². The average Bonchev–Trinajstić information content (AvgIpc) is 3.28. The van der Waals surface area contributed by atoms with Crippen LogP contribution >= 0.6 is 0 Å². The summed E-state index contributed by atoms with van der Waals surface area (Å²) in [5.74, 6) is -0.279. The predicted octanol–water partition coefficient (Wildman–Crippen LogP) is 8.83. The van der Waals surface area contributed by atoms with E-state index in [0.717, 1.165) is 44.3 Å². The number of hydrogen-bond acceptors (Lipinski definition) is 1. The Bertz CT molecular complexity index is 1830. The number of benzene rings is 4. The molecule has 6 rings (SSSR count). The standard InChI is InChI=1S/C35H31FNO/c1-22-14-16-27-28-18-19-29(36)32(34(28)38-33(27)31(22)30-13-9-10-20-37(30)5)26-17-15-25(21-23(26)2)35(3,4)24-11-7-6-8-12-24/h6-21H,1-5H3/q+1. The molecule has 0 aliphatic carbocycles. The first kappa shape index (κ1) is 24.1. The van der Waals surface area contributed by atoms with Crippen LogP contribution in [0.2, 0.25) is 0 Å². The van der Waals surface area contributed by atoms with Crippen molar-refractivity contribution in [2.45, 2.75) is 33.1 Å². The molecule has 0 saturated heterocycles. The molecule has 0 saturated carbocycles. The number of aromatic nitrogens is 1. The fourth-order valence-electron chi connectivity index (χ4n) is 5.68. The van der Waals surface area contributed by atoms with E-state index in [1.165, 1.54) is 11.1 Å². The van der Waals surface area contributed by atoms with Crippen LogP contribution in [0.3, 0.4) is 0 Å². The lowest BCUT2D eigenvalue weighted by molar-refractivity contribution is -0.660. The summed E-state index contributed by atoms with van der Waals surface area (Å²) in [6.07, 6.45) is 2.03. The highest BCUT2D eigenvalue weighted by atomic mass is 19.1. The van der Waals surface area contributed by atoms with Crippen molar-refractivity contribution in [3.63, 3.8) is 0 Å². The summed E-state index contributed by atoms with van der Waals surface area (Å²) >= 11 is 0. The van der Waals surface area contributed by atoms with Crippen molar-refractivity contribution in [3.05, 3.63) is 125 Å². The third-order valence-corrected chi connectivity index (χ3v) is 7.99. The molecule has 0 atom stereocenters. The second kappa shape index (κ2) is 8.95. The molecule has 0 N–H and O–H groups in total. The summed E-state index contributed by atoms with van der Waals surface area (Å²) in [5.41, 5.74) is 9.22. The van der Waals surface area contributed by atoms with Crippen molar-refractivity contribution in [3.8, 4) is 22.4 Å². The zero-order chi connectivity index (χ0) is 26.6. The van der Waals surface area contributed by atoms with Crippen LogP contribution in [-0.2, 0) is 12.5 Å². The molecule has 0 unspecified atom stereocenters. The smallest absolute Gasteiger partial charge is 0.216 e. The van der Waals surface area contributed by atoms with Crippen LogP contribution in [0, 0.1) is 19.7 Å². The molecule has 0 aliphatic heterocycles. The summed E-state index contributed by atoms with van der Waals surface area (Å²) in [6.45, 7) is 8.60. The molecular formula is C35H31FNO+. The van der Waals surface area contributed by atoms with E-state index in [2.05, 4.69) is 86.9 Å². The summed E-state index contributed by atoms with van der Waals surface area (Å²) in [5, 5.41) is 1.91. The van der Waals surface area contributed by atoms with Gasteiger partial charge in [-0.1, -0.05) is 74.5 Å². The lowest BCUT2D eigenvalue weighted by Gasteiger charge is -2.27. The molecule has 2 aromatic heterocycles. The largest absolute Gasteiger partial charge is 0.454 e. The molecule has 2 heterocycles. The van der Waals surface area contributed by atoms with Crippen LogP contribution in [0.25, 0.3) is 44.3 Å². The molecule has 0 aliphatic rings. The van der Waals surface area contributed by atoms with E-state index in [1.54, 1.807) is 6.07 Å². The van der Waals surface area contributed by atoms with Crippen molar-refractivity contribution >= 4 is 21.9 Å². The predicted molar refractivity (Wildman–Crippen MR) is 154 cm³/mol. The van der Waals surface area contributed by atoms with Gasteiger partial charge in [0.1, 0.15) is 24.0 Å². The Balaban J connectivity index is 1.57. The van der Waals surface area contributed by atoms with Crippen molar-refractivity contribution < 1.29 is 13.4 Å². The van der Waals surface area contributed by atoms with Gasteiger partial charge < -0.3 is 4.42 Å². The highest BCUT2D eigenvalue weighted by Crippen LogP contribution is 2.43. The molecule has 3 heteroatoms. The van der Waals surface area contributed by atoms with Crippen LogP contribution in [0.5, 0.6) is 0 Å². The fraction of sp³-hybridized carbons (Fsp3) is 0.171. The third-order valence-electron chi connectivity index (χ3n) is 7.99. The second-order valence-corrected chi connectivity index (χ2v) is 10.8. The zero-order valence-electron chi connectivity index (χ0n) is 22.5. The number of halogens is 1. The van der Waals surface area contributed by atoms with Crippen LogP contribution < -0.4 is 4.57 Å². The number of pyridine rings is 1. The van der Waals surface area contributed by atoms with E-state index in [-0.39, 0.29) is 11.2 Å². The SMILES string of the molecule is Cc1cc(C(C)(C)c2ccccc2)ccc1-c1c(F)ccc2c1oc1c(-c3cccc[n+]3C)c(C)ccc12. The van der Waals surface area contributed by atoms with Gasteiger partial charge in [-0.25, -0.2) is 8.96 Å². The Morgan fingerprint density at radius 3 is 2.08 bits per heavy atom. The van der Waals surface area contributed by atoms with E-state index in [4.69, 9.17) is 4.42 Å². The number of nitrogens with zero attached hydrogens (tertiary/aromatic N) is 1. The number of hydrogen-bond donors (Lipinski definition) is 0. The quantitative estimate of drug-likeness (QED) is 0.221. The first-order chi connectivity index (χ1) is 18.3. The van der Waals surface area contributed by atoms with Crippen LogP contribution in [0.4, 0.5) is 4.39 Å². The maximum absolute atomic E-state index is 15.6. The van der Waals surface area contributed by atoms with Gasteiger partial charge in [0.15, 0.2) is 6.20 Å². The van der Waals surface area contributed by atoms with E-state index in [0.29, 0.717) is 11.1 Å². The highest BCUT2D eigenvalue weighted by Gasteiger charge is 2.26. The molecule has 2 nitrogen and oxygen atoms in total. The van der Waals surface area contributed by atoms with Gasteiger partial charge in [-0.2, -0.15) is 0 Å². The Labute approximate surface area is 223 Å². The molecule has 0 bridgehead atoms. The van der Waals surface area contributed by atoms with E-state index in [9.17, 15) is 0 Å². The topological polar surface area (TPSA) is 17.0 Å². The maximum Gasteiger partial charge on any atom is 0.216 e. The van der Waals surface area contributed by atoms with E-state index in [1.807, 2.05) is 43.6 Å². The van der Waals surface area contributed by atoms with Gasteiger partial charge in [0.2, 0.25) is 5.69 Å². The fourth-order valence-corrected chi connectivity index (χ4v) is 5.68. The Hall–Kier alpha value is -4.24. The molecule has 188 valence electrons. The van der Waals surface area contributed by atoms with Gasteiger partial charge in [0.05, 0.1) is 11.1 Å². The second-order valence-electron chi connectivity index (χ2n) is 10.8. The number of fused-ring (bicyclic) bond motifs is 3. The lowest BCUT2D eigenvalue weighted by atomic mass is 9.77. The molecule has 0 radical (unpaired) electrons. The van der Waals surface area contributed by atoms with Gasteiger partial charge in [0.25, 0.3) is 0 Å². The minimum absolute atomic E-state index is 0.174. The van der Waals surface area contributed by atoms with Gasteiger partial charge in [-0.05, 0) is 59.9 Å². The van der Waals surface area contributed by atoms with Gasteiger partial charge in [-0.3, -0.25) is 0 Å². The maximum atomic E-state index is 15.6. The Morgan fingerprint density at radius 1 is 0.684 bits per heavy atom. The van der Waals surface area contributed by atoms with E-state index >= 15 is 4.39 Å². The average molecular weight is 501 g/mol. The van der Waals surface area contributed by atoms with Crippen molar-refractivity contribution in [2.75, 3.05) is 0 Å². The molecular weight excluding hydrogens is 469 g/mol. The molecule has 4 aromatic carbocycles. The monoisotopic (exact) mass is 500 g/mol. The number of rotatable bonds is 4. The summed E-state index contributed by atoms with van der Waals surface area (Å²) < 4.78 is 24.3. The molecule has 0 amide bonds. The van der Waals surface area contributed by atoms with Crippen molar-refractivity contribution in [1.29, 1.82) is 0 Å². The zero-order valence-corrected chi connectivity index (χ0v) is 22.5. The van der Waals surface area contributed by atoms with Crippen molar-refractivity contribution in [2.24, 2.45) is 7.05 Å². The lowest BCUT2D eigenvalue weighted by Crippen LogP contribution is -2.30.